The number of fused-ring (bicyclic) bond motifs is 1. The second-order valence-electron chi connectivity index (χ2n) is 5.33. The third-order valence-electron chi connectivity index (χ3n) is 3.41. The predicted molar refractivity (Wildman–Crippen MR) is 93.0 cm³/mol. The van der Waals surface area contributed by atoms with Crippen molar-refractivity contribution >= 4 is 39.9 Å². The second-order valence-corrected chi connectivity index (χ2v) is 6.83. The van der Waals surface area contributed by atoms with Crippen LogP contribution in [-0.4, -0.2) is 27.4 Å². The number of aryl methyl sites for hydroxylation is 2. The van der Waals surface area contributed by atoms with Crippen LogP contribution in [0, 0.1) is 6.92 Å². The summed E-state index contributed by atoms with van der Waals surface area (Å²) >= 11 is 7.52. The molecule has 0 saturated heterocycles. The summed E-state index contributed by atoms with van der Waals surface area (Å²) < 4.78 is 0. The van der Waals surface area contributed by atoms with E-state index in [1.54, 1.807) is 11.3 Å². The first-order valence-corrected chi connectivity index (χ1v) is 8.68. The number of carbonyl (C=O) groups is 1. The van der Waals surface area contributed by atoms with Crippen molar-refractivity contribution in [3.8, 4) is 0 Å². The summed E-state index contributed by atoms with van der Waals surface area (Å²) in [4.78, 5) is 23.9. The van der Waals surface area contributed by atoms with E-state index in [0.29, 0.717) is 18.0 Å². The molecule has 23 heavy (non-hydrogen) atoms. The van der Waals surface area contributed by atoms with Gasteiger partial charge in [-0.05, 0) is 31.5 Å². The van der Waals surface area contributed by atoms with Crippen LogP contribution in [-0.2, 0) is 17.6 Å². The Morgan fingerprint density at radius 1 is 1.39 bits per heavy atom. The van der Waals surface area contributed by atoms with E-state index in [2.05, 4.69) is 20.3 Å². The molecular weight excluding hydrogens is 332 g/mol. The largest absolute Gasteiger partial charge is 0.356 e. The molecule has 0 unspecified atom stereocenters. The fourth-order valence-corrected chi connectivity index (χ4v) is 3.14. The third kappa shape index (κ3) is 4.30. The summed E-state index contributed by atoms with van der Waals surface area (Å²) in [6.07, 6.45) is 1.95. The lowest BCUT2D eigenvalue weighted by atomic mass is 10.3. The Bertz CT molecular complexity index is 826. The quantitative estimate of drug-likeness (QED) is 0.671. The van der Waals surface area contributed by atoms with Gasteiger partial charge in [-0.15, -0.1) is 11.3 Å². The Hall–Kier alpha value is -1.92. The highest BCUT2D eigenvalue weighted by molar-refractivity contribution is 7.09. The minimum atomic E-state index is 0.00619. The summed E-state index contributed by atoms with van der Waals surface area (Å²) in [6, 6.07) is 5.59. The molecular formula is C16H17ClN4OS. The number of aromatic nitrogens is 3. The van der Waals surface area contributed by atoms with Gasteiger partial charge in [-0.25, -0.2) is 9.97 Å². The molecule has 7 heteroatoms. The molecule has 0 radical (unpaired) electrons. The highest BCUT2D eigenvalue weighted by Gasteiger charge is 2.07. The molecule has 3 rings (SSSR count). The first kappa shape index (κ1) is 16.0. The van der Waals surface area contributed by atoms with Crippen LogP contribution in [0.3, 0.4) is 0 Å². The number of H-pyrrole nitrogens is 1. The van der Waals surface area contributed by atoms with Crippen LogP contribution in [0.4, 0.5) is 0 Å². The number of halogens is 1. The normalized spacial score (nSPS) is 11.0. The van der Waals surface area contributed by atoms with Gasteiger partial charge in [-0.1, -0.05) is 11.6 Å². The Morgan fingerprint density at radius 2 is 2.26 bits per heavy atom. The molecule has 3 aromatic rings. The van der Waals surface area contributed by atoms with Crippen LogP contribution in [0.15, 0.2) is 23.6 Å². The first-order valence-electron chi connectivity index (χ1n) is 7.42. The standard InChI is InChI=1S/C16H17ClN4OS/c1-10-19-12(9-23-10)8-16(22)18-6-2-3-15-20-13-5-4-11(17)7-14(13)21-15/h4-5,7,9H,2-3,6,8H2,1H3,(H,18,22)(H,20,21). The first-order chi connectivity index (χ1) is 11.1. The fraction of sp³-hybridized carbons (Fsp3) is 0.312. The zero-order valence-corrected chi connectivity index (χ0v) is 14.3. The molecule has 0 spiro atoms. The number of carbonyl (C=O) groups excluding carboxylic acids is 1. The fourth-order valence-electron chi connectivity index (χ4n) is 2.35. The van der Waals surface area contributed by atoms with Gasteiger partial charge >= 0.3 is 0 Å². The predicted octanol–water partition coefficient (Wildman–Crippen LogP) is 3.27. The number of amides is 1. The number of nitrogens with zero attached hydrogens (tertiary/aromatic N) is 2. The lowest BCUT2D eigenvalue weighted by molar-refractivity contribution is -0.120. The molecule has 0 atom stereocenters. The van der Waals surface area contributed by atoms with Gasteiger partial charge in [0.15, 0.2) is 0 Å². The summed E-state index contributed by atoms with van der Waals surface area (Å²) in [6.45, 7) is 2.56. The van der Waals surface area contributed by atoms with Crippen LogP contribution >= 0.6 is 22.9 Å². The van der Waals surface area contributed by atoms with Crippen molar-refractivity contribution in [2.24, 2.45) is 0 Å². The van der Waals surface area contributed by atoms with E-state index in [9.17, 15) is 4.79 Å². The van der Waals surface area contributed by atoms with E-state index in [4.69, 9.17) is 11.6 Å². The highest BCUT2D eigenvalue weighted by Crippen LogP contribution is 2.17. The lowest BCUT2D eigenvalue weighted by Gasteiger charge is -2.03. The smallest absolute Gasteiger partial charge is 0.226 e. The maximum atomic E-state index is 11.8. The monoisotopic (exact) mass is 348 g/mol. The van der Waals surface area contributed by atoms with E-state index in [0.717, 1.165) is 40.4 Å². The third-order valence-corrected chi connectivity index (χ3v) is 4.47. The van der Waals surface area contributed by atoms with Crippen LogP contribution < -0.4 is 5.32 Å². The number of nitrogens with one attached hydrogen (secondary N) is 2. The molecule has 2 heterocycles. The molecule has 1 aromatic carbocycles. The second kappa shape index (κ2) is 7.10. The molecule has 0 aliphatic rings. The molecule has 0 saturated carbocycles. The summed E-state index contributed by atoms with van der Waals surface area (Å²) in [5.74, 6) is 0.915. The maximum absolute atomic E-state index is 11.8. The zero-order valence-electron chi connectivity index (χ0n) is 12.7. The van der Waals surface area contributed by atoms with E-state index in [-0.39, 0.29) is 5.91 Å². The average Bonchev–Trinajstić information content (AvgIpc) is 3.09. The Morgan fingerprint density at radius 3 is 3.04 bits per heavy atom. The van der Waals surface area contributed by atoms with E-state index >= 15 is 0 Å². The number of thiazole rings is 1. The number of imidazole rings is 1. The molecule has 2 aromatic heterocycles. The average molecular weight is 349 g/mol. The topological polar surface area (TPSA) is 70.7 Å². The van der Waals surface area contributed by atoms with Gasteiger partial charge in [0.2, 0.25) is 5.91 Å². The van der Waals surface area contributed by atoms with Gasteiger partial charge in [0.05, 0.1) is 28.2 Å². The van der Waals surface area contributed by atoms with Crippen molar-refractivity contribution < 1.29 is 4.79 Å². The van der Waals surface area contributed by atoms with Crippen molar-refractivity contribution in [1.29, 1.82) is 0 Å². The van der Waals surface area contributed by atoms with E-state index in [1.165, 1.54) is 0 Å². The van der Waals surface area contributed by atoms with E-state index in [1.807, 2.05) is 30.5 Å². The number of benzene rings is 1. The van der Waals surface area contributed by atoms with Crippen LogP contribution in [0.25, 0.3) is 11.0 Å². The maximum Gasteiger partial charge on any atom is 0.226 e. The molecule has 2 N–H and O–H groups in total. The van der Waals surface area contributed by atoms with Gasteiger partial charge in [0.25, 0.3) is 0 Å². The molecule has 1 amide bonds. The number of rotatable bonds is 6. The number of hydrogen-bond donors (Lipinski definition) is 2. The van der Waals surface area contributed by atoms with Crippen molar-refractivity contribution in [2.75, 3.05) is 6.54 Å². The number of aromatic amines is 1. The van der Waals surface area contributed by atoms with E-state index < -0.39 is 0 Å². The Kier molecular flexibility index (Phi) is 4.93. The minimum absolute atomic E-state index is 0.00619. The van der Waals surface area contributed by atoms with Gasteiger partial charge < -0.3 is 10.3 Å². The lowest BCUT2D eigenvalue weighted by Crippen LogP contribution is -2.26. The molecule has 0 aliphatic carbocycles. The molecule has 0 aliphatic heterocycles. The van der Waals surface area contributed by atoms with Gasteiger partial charge in [-0.3, -0.25) is 4.79 Å². The SMILES string of the molecule is Cc1nc(CC(=O)NCCCc2nc3ccc(Cl)cc3[nH]2)cs1. The Balaban J connectivity index is 1.44. The highest BCUT2D eigenvalue weighted by atomic mass is 35.5. The molecule has 0 fully saturated rings. The Labute approximate surface area is 143 Å². The molecule has 0 bridgehead atoms. The number of hydrogen-bond acceptors (Lipinski definition) is 4. The van der Waals surface area contributed by atoms with Gasteiger partial charge in [0, 0.05) is 23.4 Å². The summed E-state index contributed by atoms with van der Waals surface area (Å²) in [5.41, 5.74) is 2.68. The minimum Gasteiger partial charge on any atom is -0.356 e. The summed E-state index contributed by atoms with van der Waals surface area (Å²) in [5, 5.41) is 6.52. The van der Waals surface area contributed by atoms with Crippen molar-refractivity contribution in [2.45, 2.75) is 26.2 Å². The summed E-state index contributed by atoms with van der Waals surface area (Å²) in [7, 11) is 0. The van der Waals surface area contributed by atoms with Crippen LogP contribution in [0.1, 0.15) is 22.9 Å². The van der Waals surface area contributed by atoms with Gasteiger partial charge in [0.1, 0.15) is 5.82 Å². The van der Waals surface area contributed by atoms with Gasteiger partial charge in [-0.2, -0.15) is 0 Å². The van der Waals surface area contributed by atoms with Crippen molar-refractivity contribution in [3.05, 3.63) is 45.1 Å². The van der Waals surface area contributed by atoms with Crippen molar-refractivity contribution in [3.63, 3.8) is 0 Å². The van der Waals surface area contributed by atoms with Crippen LogP contribution in [0.5, 0.6) is 0 Å². The molecule has 120 valence electrons. The van der Waals surface area contributed by atoms with Crippen molar-refractivity contribution in [1.82, 2.24) is 20.3 Å². The zero-order chi connectivity index (χ0) is 16.2. The molecule has 5 nitrogen and oxygen atoms in total. The van der Waals surface area contributed by atoms with Crippen LogP contribution in [0.2, 0.25) is 5.02 Å².